The molecule has 1 aliphatic rings. The predicted molar refractivity (Wildman–Crippen MR) is 120 cm³/mol. The summed E-state index contributed by atoms with van der Waals surface area (Å²) in [7, 11) is 1.60. The number of rotatable bonds is 6. The van der Waals surface area contributed by atoms with Crippen molar-refractivity contribution in [3.63, 3.8) is 0 Å². The Kier molecular flexibility index (Phi) is 6.80. The van der Waals surface area contributed by atoms with Gasteiger partial charge in [0, 0.05) is 31.1 Å². The highest BCUT2D eigenvalue weighted by molar-refractivity contribution is 7.98. The molecule has 3 heterocycles. The Bertz CT molecular complexity index is 1080. The van der Waals surface area contributed by atoms with Crippen LogP contribution in [0.4, 0.5) is 0 Å². The van der Waals surface area contributed by atoms with E-state index in [1.807, 2.05) is 43.2 Å². The molecule has 0 spiro atoms. The summed E-state index contributed by atoms with van der Waals surface area (Å²) in [6, 6.07) is 5.72. The van der Waals surface area contributed by atoms with Crippen molar-refractivity contribution in [3.8, 4) is 17.2 Å². The Labute approximate surface area is 191 Å². The number of benzene rings is 1. The molecule has 10 heteroatoms. The molecular weight excluding hydrogens is 430 g/mol. The van der Waals surface area contributed by atoms with Gasteiger partial charge in [-0.25, -0.2) is 0 Å². The van der Waals surface area contributed by atoms with E-state index in [4.69, 9.17) is 13.8 Å². The number of amides is 1. The van der Waals surface area contributed by atoms with Crippen LogP contribution in [0.25, 0.3) is 11.5 Å². The van der Waals surface area contributed by atoms with Gasteiger partial charge in [0.2, 0.25) is 0 Å². The maximum absolute atomic E-state index is 13.2. The molecule has 0 bridgehead atoms. The molecule has 2 aromatic heterocycles. The lowest BCUT2D eigenvalue weighted by Gasteiger charge is -2.22. The van der Waals surface area contributed by atoms with Crippen molar-refractivity contribution in [2.45, 2.75) is 31.7 Å². The zero-order chi connectivity index (χ0) is 22.7. The molecule has 170 valence electrons. The fourth-order valence-electron chi connectivity index (χ4n) is 3.89. The number of hydrogen-bond donors (Lipinski definition) is 0. The second-order valence-electron chi connectivity index (χ2n) is 7.70. The lowest BCUT2D eigenvalue weighted by Crippen LogP contribution is -2.35. The van der Waals surface area contributed by atoms with Crippen LogP contribution < -0.4 is 4.74 Å². The SMILES string of the molecule is COc1cc(SC)ccc1C(=O)N1CCCN(Cc2noc(-c3c(C)noc3C)n2)CC1. The molecule has 0 radical (unpaired) electrons. The Morgan fingerprint density at radius 1 is 1.16 bits per heavy atom. The highest BCUT2D eigenvalue weighted by Gasteiger charge is 2.24. The molecule has 32 heavy (non-hydrogen) atoms. The van der Waals surface area contributed by atoms with E-state index < -0.39 is 0 Å². The van der Waals surface area contributed by atoms with Crippen molar-refractivity contribution in [2.75, 3.05) is 39.5 Å². The lowest BCUT2D eigenvalue weighted by atomic mass is 10.1. The molecule has 1 aromatic carbocycles. The molecule has 1 saturated heterocycles. The van der Waals surface area contributed by atoms with E-state index in [2.05, 4.69) is 20.2 Å². The number of hydrogen-bond acceptors (Lipinski definition) is 9. The van der Waals surface area contributed by atoms with Gasteiger partial charge in [0.15, 0.2) is 5.82 Å². The minimum Gasteiger partial charge on any atom is -0.496 e. The van der Waals surface area contributed by atoms with E-state index >= 15 is 0 Å². The van der Waals surface area contributed by atoms with Crippen molar-refractivity contribution in [3.05, 3.63) is 41.0 Å². The summed E-state index contributed by atoms with van der Waals surface area (Å²) < 4.78 is 16.1. The van der Waals surface area contributed by atoms with Crippen LogP contribution in [0.3, 0.4) is 0 Å². The number of aromatic nitrogens is 3. The van der Waals surface area contributed by atoms with E-state index in [1.54, 1.807) is 18.9 Å². The second kappa shape index (κ2) is 9.74. The number of aryl methyl sites for hydroxylation is 2. The summed E-state index contributed by atoms with van der Waals surface area (Å²) in [5.41, 5.74) is 2.07. The number of nitrogens with zero attached hydrogens (tertiary/aromatic N) is 5. The first kappa shape index (κ1) is 22.3. The summed E-state index contributed by atoms with van der Waals surface area (Å²) in [4.78, 5) is 22.9. The van der Waals surface area contributed by atoms with Crippen molar-refractivity contribution in [2.24, 2.45) is 0 Å². The molecule has 0 saturated carbocycles. The van der Waals surface area contributed by atoms with Gasteiger partial charge in [0.05, 0.1) is 24.9 Å². The molecule has 0 atom stereocenters. The molecule has 3 aromatic rings. The molecular formula is C22H27N5O4S. The lowest BCUT2D eigenvalue weighted by molar-refractivity contribution is 0.0757. The summed E-state index contributed by atoms with van der Waals surface area (Å²) >= 11 is 1.62. The molecule has 4 rings (SSSR count). The van der Waals surface area contributed by atoms with Crippen molar-refractivity contribution >= 4 is 17.7 Å². The van der Waals surface area contributed by atoms with Crippen LogP contribution in [0.1, 0.15) is 34.1 Å². The first-order valence-corrected chi connectivity index (χ1v) is 11.7. The van der Waals surface area contributed by atoms with Gasteiger partial charge in [-0.1, -0.05) is 10.3 Å². The van der Waals surface area contributed by atoms with Crippen molar-refractivity contribution in [1.82, 2.24) is 25.1 Å². The van der Waals surface area contributed by atoms with Gasteiger partial charge >= 0.3 is 0 Å². The Balaban J connectivity index is 1.40. The third kappa shape index (κ3) is 4.66. The summed E-state index contributed by atoms with van der Waals surface area (Å²) in [6.45, 7) is 7.12. The number of carbonyl (C=O) groups excluding carboxylic acids is 1. The number of ether oxygens (including phenoxy) is 1. The van der Waals surface area contributed by atoms with Crippen molar-refractivity contribution in [1.29, 1.82) is 0 Å². The summed E-state index contributed by atoms with van der Waals surface area (Å²) in [6.07, 6.45) is 2.87. The van der Waals surface area contributed by atoms with E-state index in [0.29, 0.717) is 48.4 Å². The van der Waals surface area contributed by atoms with E-state index in [9.17, 15) is 4.79 Å². The van der Waals surface area contributed by atoms with Gasteiger partial charge in [-0.05, 0) is 44.7 Å². The molecule has 0 N–H and O–H groups in total. The second-order valence-corrected chi connectivity index (χ2v) is 8.58. The van der Waals surface area contributed by atoms with Crippen LogP contribution in [0.2, 0.25) is 0 Å². The predicted octanol–water partition coefficient (Wildman–Crippen LogP) is 3.42. The first-order chi connectivity index (χ1) is 15.5. The fourth-order valence-corrected chi connectivity index (χ4v) is 4.31. The fraction of sp³-hybridized carbons (Fsp3) is 0.455. The molecule has 1 aliphatic heterocycles. The van der Waals surface area contributed by atoms with Gasteiger partial charge in [-0.15, -0.1) is 11.8 Å². The molecule has 9 nitrogen and oxygen atoms in total. The minimum atomic E-state index is -0.00314. The maximum Gasteiger partial charge on any atom is 0.263 e. The first-order valence-electron chi connectivity index (χ1n) is 10.5. The average molecular weight is 458 g/mol. The highest BCUT2D eigenvalue weighted by Crippen LogP contribution is 2.27. The van der Waals surface area contributed by atoms with Gasteiger partial charge in [0.25, 0.3) is 11.8 Å². The topological polar surface area (TPSA) is 97.7 Å². The van der Waals surface area contributed by atoms with Gasteiger partial charge in [-0.2, -0.15) is 4.98 Å². The van der Waals surface area contributed by atoms with E-state index in [1.165, 1.54) is 0 Å². The van der Waals surface area contributed by atoms with E-state index in [0.717, 1.165) is 35.7 Å². The number of carbonyl (C=O) groups is 1. The van der Waals surface area contributed by atoms with Crippen LogP contribution >= 0.6 is 11.8 Å². The Morgan fingerprint density at radius 2 is 2.00 bits per heavy atom. The average Bonchev–Trinajstić information content (AvgIpc) is 3.30. The zero-order valence-electron chi connectivity index (χ0n) is 18.8. The Morgan fingerprint density at radius 3 is 2.72 bits per heavy atom. The van der Waals surface area contributed by atoms with Gasteiger partial charge in [-0.3, -0.25) is 9.69 Å². The Hall–Kier alpha value is -2.85. The van der Waals surface area contributed by atoms with Crippen molar-refractivity contribution < 1.29 is 18.6 Å². The van der Waals surface area contributed by atoms with Crippen LogP contribution in [-0.4, -0.2) is 70.5 Å². The maximum atomic E-state index is 13.2. The summed E-state index contributed by atoms with van der Waals surface area (Å²) in [5, 5.41) is 8.06. The minimum absolute atomic E-state index is 0.00314. The smallest absolute Gasteiger partial charge is 0.263 e. The van der Waals surface area contributed by atoms with Crippen LogP contribution in [0, 0.1) is 13.8 Å². The van der Waals surface area contributed by atoms with Gasteiger partial charge < -0.3 is 18.7 Å². The number of methoxy groups -OCH3 is 1. The third-order valence-corrected chi connectivity index (χ3v) is 6.32. The number of thioether (sulfide) groups is 1. The van der Waals surface area contributed by atoms with Crippen LogP contribution in [0.5, 0.6) is 5.75 Å². The largest absolute Gasteiger partial charge is 0.496 e. The van der Waals surface area contributed by atoms with Crippen LogP contribution in [0.15, 0.2) is 32.1 Å². The molecule has 0 unspecified atom stereocenters. The third-order valence-electron chi connectivity index (χ3n) is 5.60. The quantitative estimate of drug-likeness (QED) is 0.516. The monoisotopic (exact) mass is 457 g/mol. The van der Waals surface area contributed by atoms with Gasteiger partial charge in [0.1, 0.15) is 17.1 Å². The highest BCUT2D eigenvalue weighted by atomic mass is 32.2. The summed E-state index contributed by atoms with van der Waals surface area (Å²) in [5.74, 6) is 2.29. The normalized spacial score (nSPS) is 15.1. The molecule has 1 fully saturated rings. The molecule has 1 amide bonds. The van der Waals surface area contributed by atoms with Crippen LogP contribution in [-0.2, 0) is 6.54 Å². The van der Waals surface area contributed by atoms with E-state index in [-0.39, 0.29) is 5.91 Å². The standard InChI is InChI=1S/C22H27N5O4S/c1-14-20(15(2)30-24-14)21-23-19(25-31-21)13-26-8-5-9-27(11-10-26)22(28)17-7-6-16(32-4)12-18(17)29-3/h6-7,12H,5,8-11,13H2,1-4H3. The zero-order valence-corrected chi connectivity index (χ0v) is 19.6. The molecule has 0 aliphatic carbocycles.